The van der Waals surface area contributed by atoms with Gasteiger partial charge in [0.2, 0.25) is 0 Å². The monoisotopic (exact) mass is 283 g/mol. The lowest BCUT2D eigenvalue weighted by Gasteiger charge is -2.16. The number of rotatable bonds is 5. The molecule has 1 N–H and O–H groups in total. The summed E-state index contributed by atoms with van der Waals surface area (Å²) >= 11 is 0. The van der Waals surface area contributed by atoms with Crippen LogP contribution in [0.2, 0.25) is 0 Å². The highest BCUT2D eigenvalue weighted by Crippen LogP contribution is 2.33. The van der Waals surface area contributed by atoms with Crippen molar-refractivity contribution in [1.29, 1.82) is 0 Å². The van der Waals surface area contributed by atoms with Gasteiger partial charge in [-0.2, -0.15) is 0 Å². The standard InChI is InChI=1S/C14H15F2NO3/c1-20-14(19)12(6-8-2-3-8)17-13(18)10-5-4-9(15)7-11(10)16/h4-5,7-8,12H,2-3,6H2,1H3,(H,17,18)/t12-/m1/s1. The molecule has 0 heterocycles. The molecule has 0 unspecified atom stereocenters. The number of carbonyl (C=O) groups excluding carboxylic acids is 2. The van der Waals surface area contributed by atoms with Gasteiger partial charge in [0.15, 0.2) is 0 Å². The van der Waals surface area contributed by atoms with Gasteiger partial charge in [-0.3, -0.25) is 4.79 Å². The van der Waals surface area contributed by atoms with Crippen LogP contribution in [-0.4, -0.2) is 25.0 Å². The van der Waals surface area contributed by atoms with Gasteiger partial charge < -0.3 is 10.1 Å². The van der Waals surface area contributed by atoms with Crippen LogP contribution in [0.3, 0.4) is 0 Å². The van der Waals surface area contributed by atoms with Crippen LogP contribution < -0.4 is 5.32 Å². The molecule has 0 aliphatic heterocycles. The average molecular weight is 283 g/mol. The summed E-state index contributed by atoms with van der Waals surface area (Å²) in [6, 6.07) is 1.87. The molecule has 0 radical (unpaired) electrons. The minimum Gasteiger partial charge on any atom is -0.467 e. The van der Waals surface area contributed by atoms with E-state index >= 15 is 0 Å². The van der Waals surface area contributed by atoms with Crippen molar-refractivity contribution < 1.29 is 23.1 Å². The van der Waals surface area contributed by atoms with Gasteiger partial charge in [-0.15, -0.1) is 0 Å². The molecule has 1 saturated carbocycles. The number of amides is 1. The summed E-state index contributed by atoms with van der Waals surface area (Å²) in [5, 5.41) is 2.44. The first-order valence-corrected chi connectivity index (χ1v) is 6.35. The Kier molecular flexibility index (Phi) is 4.32. The lowest BCUT2D eigenvalue weighted by atomic mass is 10.1. The number of methoxy groups -OCH3 is 1. The van der Waals surface area contributed by atoms with Crippen LogP contribution in [0.5, 0.6) is 0 Å². The van der Waals surface area contributed by atoms with Crippen molar-refractivity contribution in [1.82, 2.24) is 5.32 Å². The van der Waals surface area contributed by atoms with Crippen LogP contribution in [0.25, 0.3) is 0 Å². The molecule has 0 aromatic heterocycles. The first-order chi connectivity index (χ1) is 9.51. The molecule has 1 aromatic rings. The Hall–Kier alpha value is -1.98. The first kappa shape index (κ1) is 14.4. The van der Waals surface area contributed by atoms with Gasteiger partial charge in [0.05, 0.1) is 12.7 Å². The highest BCUT2D eigenvalue weighted by Gasteiger charge is 2.31. The van der Waals surface area contributed by atoms with Crippen LogP contribution >= 0.6 is 0 Å². The number of hydrogen-bond acceptors (Lipinski definition) is 3. The van der Waals surface area contributed by atoms with Crippen molar-refractivity contribution in [3.05, 3.63) is 35.4 Å². The lowest BCUT2D eigenvalue weighted by molar-refractivity contribution is -0.143. The van der Waals surface area contributed by atoms with E-state index in [2.05, 4.69) is 10.1 Å². The van der Waals surface area contributed by atoms with Crippen LogP contribution in [0.1, 0.15) is 29.6 Å². The van der Waals surface area contributed by atoms with Crippen molar-refractivity contribution in [3.63, 3.8) is 0 Å². The number of esters is 1. The molecule has 0 bridgehead atoms. The summed E-state index contributed by atoms with van der Waals surface area (Å²) in [4.78, 5) is 23.5. The zero-order valence-corrected chi connectivity index (χ0v) is 11.0. The number of ether oxygens (including phenoxy) is 1. The Bertz CT molecular complexity index is 529. The van der Waals surface area contributed by atoms with Crippen molar-refractivity contribution in [2.75, 3.05) is 7.11 Å². The third kappa shape index (κ3) is 3.53. The summed E-state index contributed by atoms with van der Waals surface area (Å²) < 4.78 is 30.9. The second-order valence-corrected chi connectivity index (χ2v) is 4.85. The molecule has 4 nitrogen and oxygen atoms in total. The van der Waals surface area contributed by atoms with E-state index in [1.165, 1.54) is 7.11 Å². The molecular weight excluding hydrogens is 268 g/mol. The summed E-state index contributed by atoms with van der Waals surface area (Å²) in [7, 11) is 1.23. The Morgan fingerprint density at radius 2 is 2.10 bits per heavy atom. The van der Waals surface area contributed by atoms with E-state index in [0.717, 1.165) is 25.0 Å². The SMILES string of the molecule is COC(=O)[C@@H](CC1CC1)NC(=O)c1ccc(F)cc1F. The highest BCUT2D eigenvalue weighted by molar-refractivity contribution is 5.97. The zero-order chi connectivity index (χ0) is 14.7. The van der Waals surface area contributed by atoms with Gasteiger partial charge in [-0.1, -0.05) is 12.8 Å². The predicted molar refractivity (Wildman–Crippen MR) is 67.0 cm³/mol. The first-order valence-electron chi connectivity index (χ1n) is 6.35. The fourth-order valence-corrected chi connectivity index (χ4v) is 1.95. The van der Waals surface area contributed by atoms with Crippen molar-refractivity contribution in [2.24, 2.45) is 5.92 Å². The van der Waals surface area contributed by atoms with Crippen molar-refractivity contribution in [2.45, 2.75) is 25.3 Å². The van der Waals surface area contributed by atoms with E-state index in [-0.39, 0.29) is 5.56 Å². The minimum atomic E-state index is -0.961. The second-order valence-electron chi connectivity index (χ2n) is 4.85. The van der Waals surface area contributed by atoms with Crippen LogP contribution in [-0.2, 0) is 9.53 Å². The Labute approximate surface area is 115 Å². The average Bonchev–Trinajstić information content (AvgIpc) is 3.20. The summed E-state index contributed by atoms with van der Waals surface area (Å²) in [6.45, 7) is 0. The zero-order valence-electron chi connectivity index (χ0n) is 11.0. The predicted octanol–water partition coefficient (Wildman–Crippen LogP) is 2.04. The normalized spacial score (nSPS) is 15.6. The molecule has 1 aliphatic rings. The van der Waals surface area contributed by atoms with Gasteiger partial charge in [0.1, 0.15) is 17.7 Å². The third-order valence-corrected chi connectivity index (χ3v) is 3.23. The third-order valence-electron chi connectivity index (χ3n) is 3.23. The van der Waals surface area contributed by atoms with E-state index in [4.69, 9.17) is 0 Å². The smallest absolute Gasteiger partial charge is 0.328 e. The van der Waals surface area contributed by atoms with Gasteiger partial charge in [-0.05, 0) is 24.5 Å². The number of hydrogen-bond donors (Lipinski definition) is 1. The molecule has 0 spiro atoms. The number of carbonyl (C=O) groups is 2. The number of nitrogens with one attached hydrogen (secondary N) is 1. The van der Waals surface area contributed by atoms with E-state index in [1.807, 2.05) is 0 Å². The summed E-state index contributed by atoms with van der Waals surface area (Å²) in [5.41, 5.74) is -0.295. The Balaban J connectivity index is 2.08. The molecule has 0 saturated heterocycles. The molecule has 1 aromatic carbocycles. The maximum Gasteiger partial charge on any atom is 0.328 e. The number of benzene rings is 1. The molecular formula is C14H15F2NO3. The van der Waals surface area contributed by atoms with Crippen LogP contribution in [0.4, 0.5) is 8.78 Å². The van der Waals surface area contributed by atoms with Gasteiger partial charge in [0, 0.05) is 6.07 Å². The summed E-state index contributed by atoms with van der Waals surface area (Å²) in [6.07, 6.45) is 2.49. The Morgan fingerprint density at radius 1 is 1.40 bits per heavy atom. The molecule has 1 amide bonds. The molecule has 2 rings (SSSR count). The Morgan fingerprint density at radius 3 is 2.65 bits per heavy atom. The van der Waals surface area contributed by atoms with E-state index in [9.17, 15) is 18.4 Å². The van der Waals surface area contributed by atoms with Crippen molar-refractivity contribution >= 4 is 11.9 Å². The topological polar surface area (TPSA) is 55.4 Å². The maximum atomic E-state index is 13.5. The van der Waals surface area contributed by atoms with Gasteiger partial charge >= 0.3 is 5.97 Å². The molecule has 108 valence electrons. The fourth-order valence-electron chi connectivity index (χ4n) is 1.95. The highest BCUT2D eigenvalue weighted by atomic mass is 19.1. The molecule has 20 heavy (non-hydrogen) atoms. The maximum absolute atomic E-state index is 13.5. The largest absolute Gasteiger partial charge is 0.467 e. The quantitative estimate of drug-likeness (QED) is 0.841. The van der Waals surface area contributed by atoms with E-state index in [0.29, 0.717) is 18.4 Å². The van der Waals surface area contributed by atoms with Gasteiger partial charge in [0.25, 0.3) is 5.91 Å². The van der Waals surface area contributed by atoms with E-state index < -0.39 is 29.6 Å². The fraction of sp³-hybridized carbons (Fsp3) is 0.429. The number of halogens is 2. The van der Waals surface area contributed by atoms with Gasteiger partial charge in [-0.25, -0.2) is 13.6 Å². The summed E-state index contributed by atoms with van der Waals surface area (Å²) in [5.74, 6) is -2.65. The minimum absolute atomic E-state index is 0.295. The van der Waals surface area contributed by atoms with Crippen LogP contribution in [0.15, 0.2) is 18.2 Å². The lowest BCUT2D eigenvalue weighted by Crippen LogP contribution is -2.42. The molecule has 1 fully saturated rings. The molecule has 6 heteroatoms. The van der Waals surface area contributed by atoms with Crippen molar-refractivity contribution in [3.8, 4) is 0 Å². The molecule has 1 atom stereocenters. The van der Waals surface area contributed by atoms with Crippen LogP contribution in [0, 0.1) is 17.6 Å². The second kappa shape index (κ2) is 5.98. The molecule has 1 aliphatic carbocycles. The van der Waals surface area contributed by atoms with E-state index in [1.54, 1.807) is 0 Å².